The lowest BCUT2D eigenvalue weighted by molar-refractivity contribution is -0.116. The van der Waals surface area contributed by atoms with E-state index in [9.17, 15) is 18.0 Å². The summed E-state index contributed by atoms with van der Waals surface area (Å²) in [6.45, 7) is 4.13. The smallest absolute Gasteiger partial charge is 0.258 e. The molecule has 1 amide bonds. The monoisotopic (exact) mass is 476 g/mol. The van der Waals surface area contributed by atoms with Crippen molar-refractivity contribution in [1.82, 2.24) is 14.3 Å². The van der Waals surface area contributed by atoms with Crippen molar-refractivity contribution >= 4 is 44.1 Å². The Hall–Kier alpha value is -2.75. The molecule has 0 spiro atoms. The first-order valence-electron chi connectivity index (χ1n) is 10.3. The van der Waals surface area contributed by atoms with Crippen LogP contribution in [-0.2, 0) is 21.2 Å². The van der Waals surface area contributed by atoms with Crippen molar-refractivity contribution in [1.29, 1.82) is 0 Å². The van der Waals surface area contributed by atoms with Crippen LogP contribution < -0.4 is 10.9 Å². The van der Waals surface area contributed by atoms with Gasteiger partial charge in [0, 0.05) is 31.6 Å². The van der Waals surface area contributed by atoms with Crippen molar-refractivity contribution in [2.75, 3.05) is 18.4 Å². The number of H-pyrrole nitrogens is 1. The molecule has 1 heterocycles. The second-order valence-electron chi connectivity index (χ2n) is 7.17. The second-order valence-corrected chi connectivity index (χ2v) is 9.48. The van der Waals surface area contributed by atoms with Gasteiger partial charge in [0.15, 0.2) is 0 Å². The molecule has 3 aromatic rings. The highest BCUT2D eigenvalue weighted by atomic mass is 35.5. The number of carbonyl (C=O) groups is 1. The summed E-state index contributed by atoms with van der Waals surface area (Å²) in [5.74, 6) is 0.238. The zero-order valence-corrected chi connectivity index (χ0v) is 19.5. The maximum Gasteiger partial charge on any atom is 0.258 e. The molecule has 170 valence electrons. The molecule has 32 heavy (non-hydrogen) atoms. The van der Waals surface area contributed by atoms with Gasteiger partial charge in [-0.05, 0) is 36.8 Å². The first-order chi connectivity index (χ1) is 15.3. The van der Waals surface area contributed by atoms with Crippen molar-refractivity contribution < 1.29 is 13.2 Å². The van der Waals surface area contributed by atoms with Gasteiger partial charge in [-0.3, -0.25) is 9.59 Å². The molecule has 0 unspecified atom stereocenters. The fraction of sp³-hybridized carbons (Fsp3) is 0.318. The van der Waals surface area contributed by atoms with Gasteiger partial charge < -0.3 is 10.3 Å². The SMILES string of the molecule is CCN(CC)S(=O)(=O)c1cc(NC(=O)CCCc2nc3ccccc3c(=O)[nH]2)ccc1Cl. The number of fused-ring (bicyclic) bond motifs is 1. The fourth-order valence-electron chi connectivity index (χ4n) is 3.37. The Kier molecular flexibility index (Phi) is 7.65. The number of carbonyl (C=O) groups excluding carboxylic acids is 1. The average molecular weight is 477 g/mol. The lowest BCUT2D eigenvalue weighted by atomic mass is 10.2. The molecule has 0 saturated carbocycles. The highest BCUT2D eigenvalue weighted by molar-refractivity contribution is 7.89. The van der Waals surface area contributed by atoms with Crippen LogP contribution in [0.5, 0.6) is 0 Å². The van der Waals surface area contributed by atoms with Gasteiger partial charge in [-0.2, -0.15) is 4.31 Å². The summed E-state index contributed by atoms with van der Waals surface area (Å²) in [4.78, 5) is 31.6. The molecular weight excluding hydrogens is 452 g/mol. The number of benzene rings is 2. The van der Waals surface area contributed by atoms with Crippen molar-refractivity contribution in [3.05, 3.63) is 63.7 Å². The van der Waals surface area contributed by atoms with E-state index in [-0.39, 0.29) is 27.8 Å². The maximum atomic E-state index is 12.8. The van der Waals surface area contributed by atoms with Gasteiger partial charge in [0.05, 0.1) is 15.9 Å². The summed E-state index contributed by atoms with van der Waals surface area (Å²) in [6.07, 6.45) is 1.07. The Morgan fingerprint density at radius 3 is 2.59 bits per heavy atom. The first-order valence-corrected chi connectivity index (χ1v) is 12.2. The van der Waals surface area contributed by atoms with E-state index in [2.05, 4.69) is 15.3 Å². The molecule has 1 aromatic heterocycles. The molecule has 0 saturated heterocycles. The Balaban J connectivity index is 1.65. The molecule has 0 fully saturated rings. The predicted octanol–water partition coefficient (Wildman–Crippen LogP) is 3.57. The van der Waals surface area contributed by atoms with Crippen LogP contribution in [0.1, 0.15) is 32.5 Å². The number of para-hydroxylation sites is 1. The van der Waals surface area contributed by atoms with Gasteiger partial charge in [0.1, 0.15) is 10.7 Å². The number of aromatic nitrogens is 2. The van der Waals surface area contributed by atoms with E-state index in [4.69, 9.17) is 11.6 Å². The number of hydrogen-bond donors (Lipinski definition) is 2. The van der Waals surface area contributed by atoms with Gasteiger partial charge in [-0.1, -0.05) is 37.6 Å². The Morgan fingerprint density at radius 1 is 1.16 bits per heavy atom. The van der Waals surface area contributed by atoms with Crippen LogP contribution in [0.4, 0.5) is 5.69 Å². The minimum absolute atomic E-state index is 0.0430. The molecule has 0 aliphatic heterocycles. The fourth-order valence-corrected chi connectivity index (χ4v) is 5.33. The summed E-state index contributed by atoms with van der Waals surface area (Å²) in [7, 11) is -3.76. The van der Waals surface area contributed by atoms with E-state index in [1.54, 1.807) is 38.1 Å². The molecule has 0 bridgehead atoms. The van der Waals surface area contributed by atoms with Crippen LogP contribution in [0.15, 0.2) is 52.2 Å². The van der Waals surface area contributed by atoms with Crippen molar-refractivity contribution in [2.45, 2.75) is 38.0 Å². The van der Waals surface area contributed by atoms with E-state index >= 15 is 0 Å². The lowest BCUT2D eigenvalue weighted by Crippen LogP contribution is -2.30. The van der Waals surface area contributed by atoms with Crippen LogP contribution in [0.25, 0.3) is 10.9 Å². The van der Waals surface area contributed by atoms with E-state index in [0.29, 0.717) is 48.3 Å². The van der Waals surface area contributed by atoms with Gasteiger partial charge >= 0.3 is 0 Å². The molecule has 10 heteroatoms. The predicted molar refractivity (Wildman–Crippen MR) is 125 cm³/mol. The minimum atomic E-state index is -3.76. The summed E-state index contributed by atoms with van der Waals surface area (Å²) >= 11 is 6.13. The quantitative estimate of drug-likeness (QED) is 0.490. The Labute approximate surface area is 191 Å². The van der Waals surface area contributed by atoms with E-state index in [1.807, 2.05) is 6.07 Å². The maximum absolute atomic E-state index is 12.8. The molecule has 2 aromatic carbocycles. The number of sulfonamides is 1. The topological polar surface area (TPSA) is 112 Å². The first kappa shape index (κ1) is 23.9. The van der Waals surface area contributed by atoms with Crippen LogP contribution in [0, 0.1) is 0 Å². The summed E-state index contributed by atoms with van der Waals surface area (Å²) < 4.78 is 26.9. The second kappa shape index (κ2) is 10.2. The third-order valence-corrected chi connectivity index (χ3v) is 7.55. The van der Waals surface area contributed by atoms with Crippen LogP contribution >= 0.6 is 11.6 Å². The zero-order chi connectivity index (χ0) is 23.3. The number of nitrogens with zero attached hydrogens (tertiary/aromatic N) is 2. The molecule has 0 aliphatic carbocycles. The van der Waals surface area contributed by atoms with E-state index in [0.717, 1.165) is 0 Å². The van der Waals surface area contributed by atoms with Crippen molar-refractivity contribution in [3.8, 4) is 0 Å². The minimum Gasteiger partial charge on any atom is -0.326 e. The number of aromatic amines is 1. The highest BCUT2D eigenvalue weighted by Gasteiger charge is 2.25. The molecule has 2 N–H and O–H groups in total. The number of amides is 1. The summed E-state index contributed by atoms with van der Waals surface area (Å²) in [5, 5.41) is 3.33. The number of nitrogens with one attached hydrogen (secondary N) is 2. The molecule has 0 radical (unpaired) electrons. The largest absolute Gasteiger partial charge is 0.326 e. The highest BCUT2D eigenvalue weighted by Crippen LogP contribution is 2.28. The van der Waals surface area contributed by atoms with Crippen molar-refractivity contribution in [2.24, 2.45) is 0 Å². The molecule has 0 atom stereocenters. The van der Waals surface area contributed by atoms with Gasteiger partial charge in [-0.25, -0.2) is 13.4 Å². The van der Waals surface area contributed by atoms with Gasteiger partial charge in [0.2, 0.25) is 15.9 Å². The number of aryl methyl sites for hydroxylation is 1. The van der Waals surface area contributed by atoms with Crippen LogP contribution in [0.3, 0.4) is 0 Å². The number of rotatable bonds is 9. The average Bonchev–Trinajstić information content (AvgIpc) is 2.75. The zero-order valence-electron chi connectivity index (χ0n) is 17.9. The van der Waals surface area contributed by atoms with Crippen LogP contribution in [-0.4, -0.2) is 41.7 Å². The number of hydrogen-bond acceptors (Lipinski definition) is 5. The molecule has 0 aliphatic rings. The summed E-state index contributed by atoms with van der Waals surface area (Å²) in [5.41, 5.74) is 0.749. The number of halogens is 1. The molecule has 3 rings (SSSR count). The standard InChI is InChI=1S/C22H25ClN4O4S/c1-3-27(4-2)32(30,31)19-14-15(12-13-17(19)23)24-21(28)11-7-10-20-25-18-9-6-5-8-16(18)22(29)26-20/h5-6,8-9,12-14H,3-4,7,10-11H2,1-2H3,(H,24,28)(H,25,26,29). The normalized spacial score (nSPS) is 11.8. The van der Waals surface area contributed by atoms with Gasteiger partial charge in [-0.15, -0.1) is 0 Å². The molecule has 8 nitrogen and oxygen atoms in total. The van der Waals surface area contributed by atoms with Crippen molar-refractivity contribution in [3.63, 3.8) is 0 Å². The number of anilines is 1. The Bertz CT molecular complexity index is 1290. The third-order valence-electron chi connectivity index (χ3n) is 5.02. The Morgan fingerprint density at radius 2 is 1.88 bits per heavy atom. The van der Waals surface area contributed by atoms with Gasteiger partial charge in [0.25, 0.3) is 5.56 Å². The summed E-state index contributed by atoms with van der Waals surface area (Å²) in [6, 6.07) is 11.5. The van der Waals surface area contributed by atoms with E-state index < -0.39 is 10.0 Å². The molecular formula is C22H25ClN4O4S. The lowest BCUT2D eigenvalue weighted by Gasteiger charge is -2.19. The van der Waals surface area contributed by atoms with Crippen LogP contribution in [0.2, 0.25) is 5.02 Å². The van der Waals surface area contributed by atoms with E-state index in [1.165, 1.54) is 16.4 Å². The third kappa shape index (κ3) is 5.35.